The third-order valence-electron chi connectivity index (χ3n) is 3.41. The number of thiophene rings is 1. The molecule has 0 aliphatic carbocycles. The van der Waals surface area contributed by atoms with Crippen LogP contribution >= 0.6 is 11.3 Å². The van der Waals surface area contributed by atoms with Crippen LogP contribution in [0.1, 0.15) is 34.0 Å². The lowest BCUT2D eigenvalue weighted by molar-refractivity contribution is 0.0909. The summed E-state index contributed by atoms with van der Waals surface area (Å²) < 4.78 is 11.0. The van der Waals surface area contributed by atoms with E-state index >= 15 is 0 Å². The molecule has 3 aromatic rings. The van der Waals surface area contributed by atoms with Gasteiger partial charge in [0.05, 0.1) is 12.3 Å². The van der Waals surface area contributed by atoms with E-state index in [9.17, 15) is 4.79 Å². The Morgan fingerprint density at radius 3 is 2.78 bits per heavy atom. The molecule has 0 bridgehead atoms. The highest BCUT2D eigenvalue weighted by atomic mass is 32.1. The molecule has 0 fully saturated rings. The van der Waals surface area contributed by atoms with E-state index in [1.165, 1.54) is 6.26 Å². The van der Waals surface area contributed by atoms with Crippen molar-refractivity contribution in [2.45, 2.75) is 19.6 Å². The zero-order valence-electron chi connectivity index (χ0n) is 12.7. The van der Waals surface area contributed by atoms with E-state index in [1.54, 1.807) is 17.4 Å². The largest absolute Gasteiger partial charge is 0.489 e. The Hall–Kier alpha value is -2.53. The minimum Gasteiger partial charge on any atom is -0.489 e. The van der Waals surface area contributed by atoms with Gasteiger partial charge in [0, 0.05) is 10.4 Å². The van der Waals surface area contributed by atoms with Crippen LogP contribution in [0, 0.1) is 0 Å². The molecule has 0 aliphatic rings. The van der Waals surface area contributed by atoms with Crippen molar-refractivity contribution in [2.24, 2.45) is 0 Å². The molecule has 4 nitrogen and oxygen atoms in total. The molecule has 1 N–H and O–H groups in total. The van der Waals surface area contributed by atoms with Crippen molar-refractivity contribution in [1.82, 2.24) is 5.32 Å². The predicted octanol–water partition coefficient (Wildman–Crippen LogP) is 4.41. The van der Waals surface area contributed by atoms with Crippen LogP contribution in [-0.4, -0.2) is 5.91 Å². The topological polar surface area (TPSA) is 51.5 Å². The van der Waals surface area contributed by atoms with Crippen molar-refractivity contribution in [3.05, 3.63) is 76.4 Å². The molecule has 118 valence electrons. The zero-order valence-corrected chi connectivity index (χ0v) is 13.5. The molecule has 0 radical (unpaired) electrons. The Kier molecular flexibility index (Phi) is 4.78. The number of amides is 1. The van der Waals surface area contributed by atoms with Gasteiger partial charge in [0.2, 0.25) is 0 Å². The lowest BCUT2D eigenvalue weighted by Gasteiger charge is -2.12. The number of benzene rings is 1. The molecular weight excluding hydrogens is 310 g/mol. The standard InChI is InChI=1S/C18H17NO3S/c1-13(16-8-5-11-23-16)19-18(20)17-14(9-10-21-17)12-22-15-6-3-2-4-7-15/h2-11,13H,12H2,1H3,(H,19,20). The van der Waals surface area contributed by atoms with Gasteiger partial charge in [-0.05, 0) is 36.6 Å². The van der Waals surface area contributed by atoms with E-state index in [0.717, 1.165) is 16.2 Å². The number of para-hydroxylation sites is 1. The first-order chi connectivity index (χ1) is 11.2. The molecule has 0 saturated heterocycles. The number of nitrogens with one attached hydrogen (secondary N) is 1. The summed E-state index contributed by atoms with van der Waals surface area (Å²) in [4.78, 5) is 13.5. The summed E-state index contributed by atoms with van der Waals surface area (Å²) in [6.45, 7) is 2.24. The second-order valence-corrected chi connectivity index (χ2v) is 6.07. The van der Waals surface area contributed by atoms with Crippen LogP contribution in [0.25, 0.3) is 0 Å². The van der Waals surface area contributed by atoms with Gasteiger partial charge in [-0.3, -0.25) is 4.79 Å². The van der Waals surface area contributed by atoms with Crippen LogP contribution in [0.15, 0.2) is 64.6 Å². The monoisotopic (exact) mass is 327 g/mol. The summed E-state index contributed by atoms with van der Waals surface area (Å²) in [6, 6.07) is 15.1. The minimum atomic E-state index is -0.234. The Balaban J connectivity index is 1.64. The molecule has 1 atom stereocenters. The molecule has 1 unspecified atom stereocenters. The average molecular weight is 327 g/mol. The average Bonchev–Trinajstić information content (AvgIpc) is 3.25. The molecule has 5 heteroatoms. The van der Waals surface area contributed by atoms with Crippen LogP contribution in [0.4, 0.5) is 0 Å². The summed E-state index contributed by atoms with van der Waals surface area (Å²) in [6.07, 6.45) is 1.51. The van der Waals surface area contributed by atoms with Crippen molar-refractivity contribution < 1.29 is 13.9 Å². The van der Waals surface area contributed by atoms with Crippen molar-refractivity contribution >= 4 is 17.2 Å². The van der Waals surface area contributed by atoms with Gasteiger partial charge in [-0.2, -0.15) is 0 Å². The van der Waals surface area contributed by atoms with Crippen molar-refractivity contribution in [2.75, 3.05) is 0 Å². The normalized spacial score (nSPS) is 11.9. The van der Waals surface area contributed by atoms with Crippen molar-refractivity contribution in [1.29, 1.82) is 0 Å². The quantitative estimate of drug-likeness (QED) is 0.729. The number of rotatable bonds is 6. The van der Waals surface area contributed by atoms with Gasteiger partial charge >= 0.3 is 0 Å². The van der Waals surface area contributed by atoms with Gasteiger partial charge in [-0.25, -0.2) is 0 Å². The van der Waals surface area contributed by atoms with E-state index in [4.69, 9.17) is 9.15 Å². The first kappa shape index (κ1) is 15.4. The van der Waals surface area contributed by atoms with Gasteiger partial charge in [0.1, 0.15) is 12.4 Å². The highest BCUT2D eigenvalue weighted by Crippen LogP contribution is 2.20. The first-order valence-electron chi connectivity index (χ1n) is 7.32. The molecule has 1 amide bonds. The molecule has 2 heterocycles. The van der Waals surface area contributed by atoms with E-state index in [2.05, 4.69) is 5.32 Å². The molecular formula is C18H17NO3S. The Morgan fingerprint density at radius 1 is 1.22 bits per heavy atom. The van der Waals surface area contributed by atoms with Crippen molar-refractivity contribution in [3.8, 4) is 5.75 Å². The van der Waals surface area contributed by atoms with Gasteiger partial charge in [0.25, 0.3) is 5.91 Å². The molecule has 2 aromatic heterocycles. The van der Waals surface area contributed by atoms with Gasteiger partial charge in [-0.15, -0.1) is 11.3 Å². The van der Waals surface area contributed by atoms with E-state index in [0.29, 0.717) is 5.76 Å². The van der Waals surface area contributed by atoms with E-state index in [-0.39, 0.29) is 18.6 Å². The smallest absolute Gasteiger partial charge is 0.287 e. The highest BCUT2D eigenvalue weighted by Gasteiger charge is 2.18. The third-order valence-corrected chi connectivity index (χ3v) is 4.46. The first-order valence-corrected chi connectivity index (χ1v) is 8.20. The maximum Gasteiger partial charge on any atom is 0.287 e. The van der Waals surface area contributed by atoms with Gasteiger partial charge in [0.15, 0.2) is 5.76 Å². The number of hydrogen-bond donors (Lipinski definition) is 1. The van der Waals surface area contributed by atoms with E-state index < -0.39 is 0 Å². The maximum absolute atomic E-state index is 12.4. The second-order valence-electron chi connectivity index (χ2n) is 5.09. The molecule has 23 heavy (non-hydrogen) atoms. The highest BCUT2D eigenvalue weighted by molar-refractivity contribution is 7.10. The molecule has 1 aromatic carbocycles. The number of carbonyl (C=O) groups excluding carboxylic acids is 1. The fourth-order valence-electron chi connectivity index (χ4n) is 2.20. The van der Waals surface area contributed by atoms with Crippen LogP contribution in [-0.2, 0) is 6.61 Å². The maximum atomic E-state index is 12.4. The summed E-state index contributed by atoms with van der Waals surface area (Å²) in [5.41, 5.74) is 0.727. The molecule has 0 saturated carbocycles. The van der Waals surface area contributed by atoms with Crippen LogP contribution in [0.3, 0.4) is 0 Å². The van der Waals surface area contributed by atoms with Crippen LogP contribution in [0.5, 0.6) is 5.75 Å². The fraction of sp³-hybridized carbons (Fsp3) is 0.167. The zero-order chi connectivity index (χ0) is 16.1. The van der Waals surface area contributed by atoms with E-state index in [1.807, 2.05) is 54.8 Å². The Morgan fingerprint density at radius 2 is 2.04 bits per heavy atom. The second kappa shape index (κ2) is 7.15. The lowest BCUT2D eigenvalue weighted by Crippen LogP contribution is -2.26. The fourth-order valence-corrected chi connectivity index (χ4v) is 2.93. The molecule has 3 rings (SSSR count). The lowest BCUT2D eigenvalue weighted by atomic mass is 10.2. The minimum absolute atomic E-state index is 0.0597. The summed E-state index contributed by atoms with van der Waals surface area (Å²) >= 11 is 1.61. The Bertz CT molecular complexity index is 750. The number of furan rings is 1. The van der Waals surface area contributed by atoms with Crippen LogP contribution < -0.4 is 10.1 Å². The van der Waals surface area contributed by atoms with Gasteiger partial charge in [-0.1, -0.05) is 24.3 Å². The van der Waals surface area contributed by atoms with Crippen LogP contribution in [0.2, 0.25) is 0 Å². The number of carbonyl (C=O) groups is 1. The Labute approximate surface area is 138 Å². The number of hydrogen-bond acceptors (Lipinski definition) is 4. The summed E-state index contributed by atoms with van der Waals surface area (Å²) in [7, 11) is 0. The predicted molar refractivity (Wildman–Crippen MR) is 89.7 cm³/mol. The SMILES string of the molecule is CC(NC(=O)c1occc1COc1ccccc1)c1cccs1. The number of ether oxygens (including phenoxy) is 1. The van der Waals surface area contributed by atoms with Crippen molar-refractivity contribution in [3.63, 3.8) is 0 Å². The molecule has 0 spiro atoms. The van der Waals surface area contributed by atoms with Gasteiger partial charge < -0.3 is 14.5 Å². The third kappa shape index (κ3) is 3.81. The summed E-state index contributed by atoms with van der Waals surface area (Å²) in [5.74, 6) is 0.818. The molecule has 0 aliphatic heterocycles. The summed E-state index contributed by atoms with van der Waals surface area (Å²) in [5, 5.41) is 4.94.